The second-order valence-corrected chi connectivity index (χ2v) is 4.18. The second kappa shape index (κ2) is 5.06. The maximum absolute atomic E-state index is 9.76. The minimum Gasteiger partial charge on any atom is -0.508 e. The van der Waals surface area contributed by atoms with Gasteiger partial charge in [-0.05, 0) is 32.0 Å². The van der Waals surface area contributed by atoms with Gasteiger partial charge in [-0.25, -0.2) is 0 Å². The molecule has 17 heavy (non-hydrogen) atoms. The molecule has 0 amide bonds. The van der Waals surface area contributed by atoms with Crippen molar-refractivity contribution in [3.05, 3.63) is 54.0 Å². The molecule has 1 aromatic carbocycles. The molecular weight excluding hydrogens is 214 g/mol. The molecule has 2 atom stereocenters. The Kier molecular flexibility index (Phi) is 3.49. The number of para-hydroxylation sites is 1. The van der Waals surface area contributed by atoms with Crippen LogP contribution in [0.15, 0.2) is 47.1 Å². The normalized spacial score (nSPS) is 14.5. The zero-order chi connectivity index (χ0) is 12.3. The summed E-state index contributed by atoms with van der Waals surface area (Å²) in [5.41, 5.74) is 0.894. The van der Waals surface area contributed by atoms with Crippen molar-refractivity contribution in [1.29, 1.82) is 0 Å². The molecule has 1 aromatic heterocycles. The molecule has 0 fully saturated rings. The van der Waals surface area contributed by atoms with Crippen molar-refractivity contribution in [3.63, 3.8) is 0 Å². The van der Waals surface area contributed by atoms with Crippen molar-refractivity contribution in [2.45, 2.75) is 25.9 Å². The lowest BCUT2D eigenvalue weighted by atomic mass is 10.1. The molecule has 2 aromatic rings. The standard InChI is InChI=1S/C14H17NO2/c1-10(12-6-3-4-7-13(12)16)15-11(2)14-8-5-9-17-14/h3-11,15-16H,1-2H3. The Labute approximate surface area is 101 Å². The molecule has 1 heterocycles. The van der Waals surface area contributed by atoms with Crippen LogP contribution in [0.25, 0.3) is 0 Å². The highest BCUT2D eigenvalue weighted by Crippen LogP contribution is 2.25. The van der Waals surface area contributed by atoms with E-state index in [9.17, 15) is 5.11 Å². The fraction of sp³-hybridized carbons (Fsp3) is 0.286. The number of furan rings is 1. The molecule has 2 rings (SSSR count). The van der Waals surface area contributed by atoms with Gasteiger partial charge >= 0.3 is 0 Å². The Morgan fingerprint density at radius 2 is 1.82 bits per heavy atom. The van der Waals surface area contributed by atoms with Crippen LogP contribution in [0.3, 0.4) is 0 Å². The van der Waals surface area contributed by atoms with E-state index in [1.165, 1.54) is 0 Å². The monoisotopic (exact) mass is 231 g/mol. The minimum atomic E-state index is 0.0660. The third kappa shape index (κ3) is 2.68. The number of nitrogens with one attached hydrogen (secondary N) is 1. The molecule has 2 unspecified atom stereocenters. The smallest absolute Gasteiger partial charge is 0.120 e. The van der Waals surface area contributed by atoms with E-state index in [2.05, 4.69) is 5.32 Å². The molecule has 90 valence electrons. The van der Waals surface area contributed by atoms with Crippen molar-refractivity contribution in [2.24, 2.45) is 0 Å². The molecule has 0 bridgehead atoms. The lowest BCUT2D eigenvalue weighted by Gasteiger charge is -2.19. The molecule has 3 nitrogen and oxygen atoms in total. The van der Waals surface area contributed by atoms with Crippen LogP contribution in [0, 0.1) is 0 Å². The molecule has 0 radical (unpaired) electrons. The maximum atomic E-state index is 9.76. The van der Waals surface area contributed by atoms with E-state index < -0.39 is 0 Å². The summed E-state index contributed by atoms with van der Waals surface area (Å²) in [6.45, 7) is 4.06. The second-order valence-electron chi connectivity index (χ2n) is 4.18. The molecular formula is C14H17NO2. The summed E-state index contributed by atoms with van der Waals surface area (Å²) in [6.07, 6.45) is 1.66. The molecule has 0 spiro atoms. The summed E-state index contributed by atoms with van der Waals surface area (Å²) >= 11 is 0. The van der Waals surface area contributed by atoms with Crippen LogP contribution in [0.4, 0.5) is 0 Å². The summed E-state index contributed by atoms with van der Waals surface area (Å²) < 4.78 is 5.34. The van der Waals surface area contributed by atoms with Gasteiger partial charge in [-0.15, -0.1) is 0 Å². The summed E-state index contributed by atoms with van der Waals surface area (Å²) in [7, 11) is 0. The third-order valence-electron chi connectivity index (χ3n) is 2.87. The zero-order valence-corrected chi connectivity index (χ0v) is 10.1. The van der Waals surface area contributed by atoms with E-state index in [1.54, 1.807) is 12.3 Å². The van der Waals surface area contributed by atoms with Crippen molar-refractivity contribution >= 4 is 0 Å². The summed E-state index contributed by atoms with van der Waals surface area (Å²) in [5, 5.41) is 13.1. The Bertz CT molecular complexity index is 465. The fourth-order valence-corrected chi connectivity index (χ4v) is 1.94. The van der Waals surface area contributed by atoms with Gasteiger partial charge in [0.05, 0.1) is 12.3 Å². The maximum Gasteiger partial charge on any atom is 0.120 e. The zero-order valence-electron chi connectivity index (χ0n) is 10.1. The third-order valence-corrected chi connectivity index (χ3v) is 2.87. The number of aromatic hydroxyl groups is 1. The summed E-state index contributed by atoms with van der Waals surface area (Å²) in [5.74, 6) is 1.21. The largest absolute Gasteiger partial charge is 0.508 e. The predicted octanol–water partition coefficient (Wildman–Crippen LogP) is 3.40. The minimum absolute atomic E-state index is 0.0660. The van der Waals surface area contributed by atoms with E-state index in [4.69, 9.17) is 4.42 Å². The van der Waals surface area contributed by atoms with Crippen LogP contribution in [0.5, 0.6) is 5.75 Å². The molecule has 0 saturated carbocycles. The van der Waals surface area contributed by atoms with Crippen LogP contribution in [0.1, 0.15) is 37.3 Å². The fourth-order valence-electron chi connectivity index (χ4n) is 1.94. The van der Waals surface area contributed by atoms with Gasteiger partial charge in [-0.3, -0.25) is 0 Å². The molecule has 2 N–H and O–H groups in total. The van der Waals surface area contributed by atoms with Gasteiger partial charge in [0.2, 0.25) is 0 Å². The molecule has 0 aliphatic heterocycles. The van der Waals surface area contributed by atoms with Gasteiger partial charge in [-0.2, -0.15) is 0 Å². The number of hydrogen-bond acceptors (Lipinski definition) is 3. The highest BCUT2D eigenvalue weighted by Gasteiger charge is 2.14. The van der Waals surface area contributed by atoms with Crippen molar-refractivity contribution in [1.82, 2.24) is 5.32 Å². The van der Waals surface area contributed by atoms with Gasteiger partial charge in [-0.1, -0.05) is 18.2 Å². The molecule has 3 heteroatoms. The van der Waals surface area contributed by atoms with Crippen LogP contribution in [-0.2, 0) is 0 Å². The van der Waals surface area contributed by atoms with E-state index in [1.807, 2.05) is 44.2 Å². The first-order valence-electron chi connectivity index (χ1n) is 5.76. The SMILES string of the molecule is CC(NC(C)c1ccccc1O)c1ccco1. The Morgan fingerprint density at radius 3 is 2.47 bits per heavy atom. The lowest BCUT2D eigenvalue weighted by molar-refractivity contribution is 0.392. The first-order chi connectivity index (χ1) is 8.18. The summed E-state index contributed by atoms with van der Waals surface area (Å²) in [4.78, 5) is 0. The van der Waals surface area contributed by atoms with Gasteiger partial charge < -0.3 is 14.8 Å². The number of phenolic OH excluding ortho intramolecular Hbond substituents is 1. The average Bonchev–Trinajstić information content (AvgIpc) is 2.82. The predicted molar refractivity (Wildman–Crippen MR) is 66.8 cm³/mol. The average molecular weight is 231 g/mol. The van der Waals surface area contributed by atoms with Crippen molar-refractivity contribution in [3.8, 4) is 5.75 Å². The van der Waals surface area contributed by atoms with Gasteiger partial charge in [0.25, 0.3) is 0 Å². The molecule has 0 aliphatic rings. The number of benzene rings is 1. The van der Waals surface area contributed by atoms with Crippen LogP contribution < -0.4 is 5.32 Å². The lowest BCUT2D eigenvalue weighted by Crippen LogP contribution is -2.22. The van der Waals surface area contributed by atoms with E-state index in [0.29, 0.717) is 5.75 Å². The van der Waals surface area contributed by atoms with Gasteiger partial charge in [0.1, 0.15) is 11.5 Å². The van der Waals surface area contributed by atoms with Crippen LogP contribution >= 0.6 is 0 Å². The Balaban J connectivity index is 2.07. The Morgan fingerprint density at radius 1 is 1.06 bits per heavy atom. The number of hydrogen-bond donors (Lipinski definition) is 2. The Hall–Kier alpha value is -1.74. The highest BCUT2D eigenvalue weighted by atomic mass is 16.3. The summed E-state index contributed by atoms with van der Waals surface area (Å²) in [6, 6.07) is 11.4. The first kappa shape index (κ1) is 11.7. The van der Waals surface area contributed by atoms with E-state index >= 15 is 0 Å². The van der Waals surface area contributed by atoms with Crippen molar-refractivity contribution in [2.75, 3.05) is 0 Å². The van der Waals surface area contributed by atoms with Crippen LogP contribution in [-0.4, -0.2) is 5.11 Å². The number of rotatable bonds is 4. The van der Waals surface area contributed by atoms with Crippen molar-refractivity contribution < 1.29 is 9.52 Å². The van der Waals surface area contributed by atoms with E-state index in [-0.39, 0.29) is 12.1 Å². The van der Waals surface area contributed by atoms with Gasteiger partial charge in [0, 0.05) is 11.6 Å². The quantitative estimate of drug-likeness (QED) is 0.847. The molecule has 0 aliphatic carbocycles. The topological polar surface area (TPSA) is 45.4 Å². The number of phenols is 1. The highest BCUT2D eigenvalue weighted by molar-refractivity contribution is 5.34. The molecule has 0 saturated heterocycles. The van der Waals surface area contributed by atoms with Gasteiger partial charge in [0.15, 0.2) is 0 Å². The van der Waals surface area contributed by atoms with E-state index in [0.717, 1.165) is 11.3 Å². The first-order valence-corrected chi connectivity index (χ1v) is 5.76. The van der Waals surface area contributed by atoms with Crippen LogP contribution in [0.2, 0.25) is 0 Å².